The number of hydrogen-bond donors (Lipinski definition) is 2. The monoisotopic (exact) mass is 318 g/mol. The molecule has 4 saturated carbocycles. The Labute approximate surface area is 139 Å². The van der Waals surface area contributed by atoms with Gasteiger partial charge >= 0.3 is 0 Å². The van der Waals surface area contributed by atoms with E-state index >= 15 is 0 Å². The van der Waals surface area contributed by atoms with Crippen LogP contribution in [0.5, 0.6) is 0 Å². The van der Waals surface area contributed by atoms with Crippen LogP contribution in [0.4, 0.5) is 0 Å². The average molecular weight is 318 g/mol. The lowest BCUT2D eigenvalue weighted by Gasteiger charge is -2.60. The Bertz CT molecular complexity index is 553. The van der Waals surface area contributed by atoms with E-state index in [1.807, 2.05) is 0 Å². The molecule has 0 bridgehead atoms. The molecule has 4 aliphatic carbocycles. The average Bonchev–Trinajstić information content (AvgIpc) is 2.83. The van der Waals surface area contributed by atoms with Crippen molar-refractivity contribution in [1.82, 2.24) is 0 Å². The topological polar surface area (TPSA) is 57.5 Å². The Morgan fingerprint density at radius 1 is 1.04 bits per heavy atom. The van der Waals surface area contributed by atoms with Gasteiger partial charge in [0.15, 0.2) is 5.78 Å². The number of fused-ring (bicyclic) bond motifs is 5. The molecule has 128 valence electrons. The van der Waals surface area contributed by atoms with Crippen LogP contribution in [0.25, 0.3) is 0 Å². The second-order valence-corrected chi connectivity index (χ2v) is 9.25. The molecule has 0 aromatic rings. The van der Waals surface area contributed by atoms with E-state index in [1.54, 1.807) is 0 Å². The Morgan fingerprint density at radius 3 is 2.52 bits per heavy atom. The smallest absolute Gasteiger partial charge is 0.162 e. The molecule has 0 unspecified atom stereocenters. The first kappa shape index (κ1) is 15.7. The van der Waals surface area contributed by atoms with Crippen molar-refractivity contribution in [3.05, 3.63) is 11.8 Å². The Kier molecular flexibility index (Phi) is 3.46. The maximum atomic E-state index is 12.2. The zero-order chi connectivity index (χ0) is 16.4. The third kappa shape index (κ3) is 2.01. The third-order valence-corrected chi connectivity index (χ3v) is 8.53. The summed E-state index contributed by atoms with van der Waals surface area (Å²) in [6.07, 6.45) is 9.11. The van der Waals surface area contributed by atoms with E-state index in [-0.39, 0.29) is 22.7 Å². The molecule has 3 nitrogen and oxygen atoms in total. The molecule has 4 aliphatic rings. The number of hydrogen-bond acceptors (Lipinski definition) is 3. The lowest BCUT2D eigenvalue weighted by molar-refractivity contribution is -0.135. The number of ketones is 1. The fourth-order valence-electron chi connectivity index (χ4n) is 7.10. The van der Waals surface area contributed by atoms with Gasteiger partial charge in [-0.15, -0.1) is 0 Å². The molecule has 0 aromatic heterocycles. The highest BCUT2D eigenvalue weighted by atomic mass is 16.3. The summed E-state index contributed by atoms with van der Waals surface area (Å²) in [5, 5.41) is 20.0. The quantitative estimate of drug-likeness (QED) is 0.524. The van der Waals surface area contributed by atoms with Crippen LogP contribution in [0.2, 0.25) is 0 Å². The summed E-state index contributed by atoms with van der Waals surface area (Å²) in [5.74, 6) is 2.63. The standard InChI is InChI=1S/C20H30O3/c1-19-8-7-16-14(15(19)5-6-18(19)23)4-3-13-9-17(22)12(11-21)10-20(13,16)2/h11,13-16,18,21,23H,3-10H2,1-2H3/b12-11-/t13-,14-,15-,16-,18-,19-,20-/m0/s1. The maximum Gasteiger partial charge on any atom is 0.162 e. The first-order chi connectivity index (χ1) is 10.9. The molecule has 0 amide bonds. The van der Waals surface area contributed by atoms with E-state index in [1.165, 1.54) is 19.3 Å². The number of carbonyl (C=O) groups is 1. The minimum Gasteiger partial charge on any atom is -0.515 e. The van der Waals surface area contributed by atoms with Gasteiger partial charge in [0.05, 0.1) is 12.4 Å². The first-order valence-corrected chi connectivity index (χ1v) is 9.44. The van der Waals surface area contributed by atoms with E-state index in [4.69, 9.17) is 0 Å². The van der Waals surface area contributed by atoms with Crippen molar-refractivity contribution in [3.63, 3.8) is 0 Å². The molecule has 0 saturated heterocycles. The van der Waals surface area contributed by atoms with Crippen LogP contribution in [-0.4, -0.2) is 22.1 Å². The number of Topliss-reactive ketones (excluding diaryl/α,β-unsaturated/α-hetero) is 1. The highest BCUT2D eigenvalue weighted by molar-refractivity contribution is 5.96. The van der Waals surface area contributed by atoms with Gasteiger partial charge in [0.25, 0.3) is 0 Å². The highest BCUT2D eigenvalue weighted by Gasteiger charge is 2.60. The van der Waals surface area contributed by atoms with Gasteiger partial charge in [0.1, 0.15) is 0 Å². The molecule has 0 aliphatic heterocycles. The molecular formula is C20H30O3. The molecule has 4 fully saturated rings. The summed E-state index contributed by atoms with van der Waals surface area (Å²) in [5.41, 5.74) is 0.911. The van der Waals surface area contributed by atoms with E-state index < -0.39 is 0 Å². The largest absolute Gasteiger partial charge is 0.515 e. The van der Waals surface area contributed by atoms with Crippen molar-refractivity contribution in [2.24, 2.45) is 34.5 Å². The van der Waals surface area contributed by atoms with Gasteiger partial charge < -0.3 is 10.2 Å². The summed E-state index contributed by atoms with van der Waals surface area (Å²) in [7, 11) is 0. The minimum absolute atomic E-state index is 0.116. The molecule has 23 heavy (non-hydrogen) atoms. The van der Waals surface area contributed by atoms with Crippen LogP contribution in [-0.2, 0) is 4.79 Å². The fourth-order valence-corrected chi connectivity index (χ4v) is 7.10. The normalized spacial score (nSPS) is 54.5. The molecular weight excluding hydrogens is 288 g/mol. The fraction of sp³-hybridized carbons (Fsp3) is 0.850. The number of aliphatic hydroxyl groups excluding tert-OH is 2. The summed E-state index contributed by atoms with van der Waals surface area (Å²) >= 11 is 0. The van der Waals surface area contributed by atoms with Crippen molar-refractivity contribution in [1.29, 1.82) is 0 Å². The summed E-state index contributed by atoms with van der Waals surface area (Å²) in [4.78, 5) is 12.2. The van der Waals surface area contributed by atoms with Crippen molar-refractivity contribution in [2.45, 2.75) is 71.3 Å². The van der Waals surface area contributed by atoms with Crippen LogP contribution >= 0.6 is 0 Å². The van der Waals surface area contributed by atoms with Crippen molar-refractivity contribution >= 4 is 5.78 Å². The van der Waals surface area contributed by atoms with Gasteiger partial charge in [-0.05, 0) is 79.4 Å². The minimum atomic E-state index is -0.125. The van der Waals surface area contributed by atoms with Crippen molar-refractivity contribution < 1.29 is 15.0 Å². The molecule has 2 N–H and O–H groups in total. The molecule has 0 aromatic carbocycles. The van der Waals surface area contributed by atoms with E-state index in [9.17, 15) is 15.0 Å². The van der Waals surface area contributed by atoms with Gasteiger partial charge in [0, 0.05) is 12.0 Å². The summed E-state index contributed by atoms with van der Waals surface area (Å²) in [6.45, 7) is 4.68. The number of allylic oxidation sites excluding steroid dienone is 1. The Balaban J connectivity index is 1.66. The van der Waals surface area contributed by atoms with Gasteiger partial charge in [-0.25, -0.2) is 0 Å². The predicted molar refractivity (Wildman–Crippen MR) is 88.8 cm³/mol. The van der Waals surface area contributed by atoms with Crippen LogP contribution in [0.15, 0.2) is 11.8 Å². The zero-order valence-corrected chi connectivity index (χ0v) is 14.4. The Morgan fingerprint density at radius 2 is 1.78 bits per heavy atom. The first-order valence-electron chi connectivity index (χ1n) is 9.44. The summed E-state index contributed by atoms with van der Waals surface area (Å²) in [6, 6.07) is 0. The highest BCUT2D eigenvalue weighted by Crippen LogP contribution is 2.66. The number of rotatable bonds is 0. The van der Waals surface area contributed by atoms with Crippen molar-refractivity contribution in [2.75, 3.05) is 0 Å². The Hall–Kier alpha value is -0.830. The van der Waals surface area contributed by atoms with Gasteiger partial charge in [0.2, 0.25) is 0 Å². The molecule has 0 heterocycles. The lowest BCUT2D eigenvalue weighted by Crippen LogP contribution is -2.54. The van der Waals surface area contributed by atoms with E-state index in [0.29, 0.717) is 35.7 Å². The van der Waals surface area contributed by atoms with Gasteiger partial charge in [-0.2, -0.15) is 0 Å². The number of carbonyl (C=O) groups excluding carboxylic acids is 1. The molecule has 0 spiro atoms. The molecule has 3 heteroatoms. The molecule has 0 radical (unpaired) electrons. The van der Waals surface area contributed by atoms with Crippen LogP contribution in [0.3, 0.4) is 0 Å². The zero-order valence-electron chi connectivity index (χ0n) is 14.4. The second-order valence-electron chi connectivity index (χ2n) is 9.25. The van der Waals surface area contributed by atoms with Crippen LogP contribution in [0.1, 0.15) is 65.2 Å². The van der Waals surface area contributed by atoms with Gasteiger partial charge in [-0.1, -0.05) is 13.8 Å². The van der Waals surface area contributed by atoms with Crippen LogP contribution in [0, 0.1) is 34.5 Å². The summed E-state index contributed by atoms with van der Waals surface area (Å²) < 4.78 is 0. The maximum absolute atomic E-state index is 12.2. The SMILES string of the molecule is C[C@]12C/C(=C/O)C(=O)C[C@@H]1CC[C@@H]1[C@@H]2CC[C@]2(C)[C@@H](O)CC[C@@H]12. The predicted octanol–water partition coefficient (Wildman–Crippen LogP) is 4.01. The van der Waals surface area contributed by atoms with E-state index in [2.05, 4.69) is 13.8 Å². The molecule has 7 atom stereocenters. The lowest BCUT2D eigenvalue weighted by atomic mass is 9.45. The van der Waals surface area contributed by atoms with Crippen molar-refractivity contribution in [3.8, 4) is 0 Å². The molecule has 4 rings (SSSR count). The van der Waals surface area contributed by atoms with Gasteiger partial charge in [-0.3, -0.25) is 4.79 Å². The number of aliphatic hydroxyl groups is 2. The third-order valence-electron chi connectivity index (χ3n) is 8.53. The second kappa shape index (κ2) is 5.08. The van der Waals surface area contributed by atoms with Crippen LogP contribution < -0.4 is 0 Å². The van der Waals surface area contributed by atoms with E-state index in [0.717, 1.165) is 31.9 Å².